The lowest BCUT2D eigenvalue weighted by Crippen LogP contribution is -2.54. The van der Waals surface area contributed by atoms with Crippen LogP contribution in [0.15, 0.2) is 48.5 Å². The van der Waals surface area contributed by atoms with E-state index in [2.05, 4.69) is 42.2 Å². The summed E-state index contributed by atoms with van der Waals surface area (Å²) in [6, 6.07) is 16.6. The first kappa shape index (κ1) is 20.2. The molecule has 2 aromatic carbocycles. The van der Waals surface area contributed by atoms with Crippen molar-refractivity contribution in [3.8, 4) is 11.5 Å². The minimum atomic E-state index is 0.168. The second-order valence-electron chi connectivity index (χ2n) is 7.33. The number of hydrogen-bond donors (Lipinski definition) is 0. The van der Waals surface area contributed by atoms with Crippen molar-refractivity contribution in [3.63, 3.8) is 0 Å². The molecule has 0 aromatic heterocycles. The van der Waals surface area contributed by atoms with E-state index >= 15 is 0 Å². The Balaban J connectivity index is 1.52. The molecule has 28 heavy (non-hydrogen) atoms. The van der Waals surface area contributed by atoms with E-state index in [1.807, 2.05) is 23.1 Å². The van der Waals surface area contributed by atoms with E-state index < -0.39 is 0 Å². The minimum Gasteiger partial charge on any atom is -0.493 e. The summed E-state index contributed by atoms with van der Waals surface area (Å²) >= 11 is 0. The molecule has 0 radical (unpaired) electrons. The van der Waals surface area contributed by atoms with Crippen molar-refractivity contribution in [1.29, 1.82) is 0 Å². The molecule has 5 heteroatoms. The van der Waals surface area contributed by atoms with Crippen molar-refractivity contribution in [1.82, 2.24) is 9.80 Å². The van der Waals surface area contributed by atoms with Gasteiger partial charge in [0.05, 0.1) is 20.6 Å². The predicted molar refractivity (Wildman–Crippen MR) is 111 cm³/mol. The smallest absolute Gasteiger partial charge is 0.227 e. The Morgan fingerprint density at radius 2 is 1.75 bits per heavy atom. The quantitative estimate of drug-likeness (QED) is 0.738. The monoisotopic (exact) mass is 382 g/mol. The Labute approximate surface area is 167 Å². The molecule has 1 atom stereocenters. The molecule has 1 aliphatic rings. The van der Waals surface area contributed by atoms with E-state index in [0.29, 0.717) is 24.0 Å². The molecule has 1 amide bonds. The third-order valence-electron chi connectivity index (χ3n) is 5.45. The fourth-order valence-corrected chi connectivity index (χ4v) is 3.75. The van der Waals surface area contributed by atoms with Gasteiger partial charge in [-0.05, 0) is 36.6 Å². The molecule has 1 saturated heterocycles. The second-order valence-corrected chi connectivity index (χ2v) is 7.33. The van der Waals surface area contributed by atoms with Gasteiger partial charge in [0, 0.05) is 32.2 Å². The number of methoxy groups -OCH3 is 2. The Bertz CT molecular complexity index is 779. The Kier molecular flexibility index (Phi) is 6.93. The maximum Gasteiger partial charge on any atom is 0.227 e. The lowest BCUT2D eigenvalue weighted by Gasteiger charge is -2.40. The number of carbonyl (C=O) groups excluding carboxylic acids is 1. The van der Waals surface area contributed by atoms with Gasteiger partial charge in [-0.3, -0.25) is 9.69 Å². The van der Waals surface area contributed by atoms with Gasteiger partial charge >= 0.3 is 0 Å². The highest BCUT2D eigenvalue weighted by Crippen LogP contribution is 2.28. The Morgan fingerprint density at radius 3 is 2.43 bits per heavy atom. The summed E-state index contributed by atoms with van der Waals surface area (Å²) in [6.07, 6.45) is 1.43. The summed E-state index contributed by atoms with van der Waals surface area (Å²) < 4.78 is 10.6. The van der Waals surface area contributed by atoms with Crippen molar-refractivity contribution < 1.29 is 14.3 Å². The topological polar surface area (TPSA) is 42.0 Å². The van der Waals surface area contributed by atoms with Crippen LogP contribution in [0.5, 0.6) is 11.5 Å². The third kappa shape index (κ3) is 5.04. The lowest BCUT2D eigenvalue weighted by atomic mass is 10.1. The summed E-state index contributed by atoms with van der Waals surface area (Å²) in [5, 5.41) is 0. The van der Waals surface area contributed by atoms with Crippen LogP contribution in [0, 0.1) is 0 Å². The lowest BCUT2D eigenvalue weighted by molar-refractivity contribution is -0.133. The van der Waals surface area contributed by atoms with E-state index in [0.717, 1.165) is 38.2 Å². The summed E-state index contributed by atoms with van der Waals surface area (Å²) in [7, 11) is 3.22. The van der Waals surface area contributed by atoms with Crippen LogP contribution in [-0.4, -0.2) is 62.1 Å². The Hall–Kier alpha value is -2.53. The van der Waals surface area contributed by atoms with Gasteiger partial charge in [-0.1, -0.05) is 36.4 Å². The van der Waals surface area contributed by atoms with Crippen LogP contribution < -0.4 is 9.47 Å². The first-order valence-corrected chi connectivity index (χ1v) is 9.87. The maximum atomic E-state index is 12.8. The van der Waals surface area contributed by atoms with Crippen LogP contribution in [0.4, 0.5) is 0 Å². The highest BCUT2D eigenvalue weighted by molar-refractivity contribution is 5.79. The first-order valence-electron chi connectivity index (χ1n) is 9.87. The maximum absolute atomic E-state index is 12.8. The van der Waals surface area contributed by atoms with E-state index in [9.17, 15) is 4.79 Å². The number of hydrogen-bond acceptors (Lipinski definition) is 4. The van der Waals surface area contributed by atoms with Crippen LogP contribution in [0.3, 0.4) is 0 Å². The SMILES string of the molecule is COc1ccc(CC(=O)N2CCN(CCc3ccccc3)C(C)C2)cc1OC. The van der Waals surface area contributed by atoms with Gasteiger partial charge in [0.1, 0.15) is 0 Å². The second kappa shape index (κ2) is 9.60. The van der Waals surface area contributed by atoms with Gasteiger partial charge in [-0.15, -0.1) is 0 Å². The van der Waals surface area contributed by atoms with Gasteiger partial charge in [0.25, 0.3) is 0 Å². The highest BCUT2D eigenvalue weighted by atomic mass is 16.5. The van der Waals surface area contributed by atoms with E-state index in [1.54, 1.807) is 14.2 Å². The van der Waals surface area contributed by atoms with Crippen molar-refractivity contribution in [2.24, 2.45) is 0 Å². The van der Waals surface area contributed by atoms with Crippen LogP contribution in [0.25, 0.3) is 0 Å². The average Bonchev–Trinajstić information content (AvgIpc) is 2.73. The zero-order valence-corrected chi connectivity index (χ0v) is 17.1. The van der Waals surface area contributed by atoms with E-state index in [1.165, 1.54) is 5.56 Å². The average molecular weight is 383 g/mol. The van der Waals surface area contributed by atoms with Crippen molar-refractivity contribution in [2.45, 2.75) is 25.8 Å². The first-order chi connectivity index (χ1) is 13.6. The van der Waals surface area contributed by atoms with Gasteiger partial charge in [-0.2, -0.15) is 0 Å². The number of rotatable bonds is 7. The molecule has 0 spiro atoms. The molecule has 1 unspecified atom stereocenters. The minimum absolute atomic E-state index is 0.168. The molecule has 0 aliphatic carbocycles. The number of amides is 1. The highest BCUT2D eigenvalue weighted by Gasteiger charge is 2.26. The van der Waals surface area contributed by atoms with Gasteiger partial charge in [-0.25, -0.2) is 0 Å². The molecule has 150 valence electrons. The molecular weight excluding hydrogens is 352 g/mol. The van der Waals surface area contributed by atoms with Crippen LogP contribution >= 0.6 is 0 Å². The molecule has 0 saturated carbocycles. The molecule has 2 aromatic rings. The number of piperazine rings is 1. The molecule has 5 nitrogen and oxygen atoms in total. The fourth-order valence-electron chi connectivity index (χ4n) is 3.75. The van der Waals surface area contributed by atoms with Crippen LogP contribution in [-0.2, 0) is 17.6 Å². The number of benzene rings is 2. The summed E-state index contributed by atoms with van der Waals surface area (Å²) in [4.78, 5) is 17.3. The number of nitrogens with zero attached hydrogens (tertiary/aromatic N) is 2. The van der Waals surface area contributed by atoms with Gasteiger partial charge in [0.2, 0.25) is 5.91 Å². The standard InChI is InChI=1S/C23H30N2O3/c1-18-17-25(14-13-24(18)12-11-19-7-5-4-6-8-19)23(26)16-20-9-10-21(27-2)22(15-20)28-3/h4-10,15,18H,11-14,16-17H2,1-3H3. The molecular formula is C23H30N2O3. The number of ether oxygens (including phenoxy) is 2. The molecule has 0 bridgehead atoms. The largest absolute Gasteiger partial charge is 0.493 e. The van der Waals surface area contributed by atoms with Gasteiger partial charge < -0.3 is 14.4 Å². The summed E-state index contributed by atoms with van der Waals surface area (Å²) in [5.74, 6) is 1.51. The van der Waals surface area contributed by atoms with Crippen LogP contribution in [0.1, 0.15) is 18.1 Å². The van der Waals surface area contributed by atoms with E-state index in [4.69, 9.17) is 9.47 Å². The predicted octanol–water partition coefficient (Wildman–Crippen LogP) is 3.02. The van der Waals surface area contributed by atoms with Crippen molar-refractivity contribution >= 4 is 5.91 Å². The third-order valence-corrected chi connectivity index (χ3v) is 5.45. The fraction of sp³-hybridized carbons (Fsp3) is 0.435. The van der Waals surface area contributed by atoms with E-state index in [-0.39, 0.29) is 5.91 Å². The van der Waals surface area contributed by atoms with Gasteiger partial charge in [0.15, 0.2) is 11.5 Å². The molecule has 1 heterocycles. The van der Waals surface area contributed by atoms with Crippen molar-refractivity contribution in [2.75, 3.05) is 40.4 Å². The molecule has 1 fully saturated rings. The van der Waals surface area contributed by atoms with Crippen LogP contribution in [0.2, 0.25) is 0 Å². The summed E-state index contributed by atoms with van der Waals surface area (Å²) in [5.41, 5.74) is 2.31. The molecule has 3 rings (SSSR count). The zero-order chi connectivity index (χ0) is 19.9. The number of carbonyl (C=O) groups is 1. The molecule has 0 N–H and O–H groups in total. The van der Waals surface area contributed by atoms with Crippen molar-refractivity contribution in [3.05, 3.63) is 59.7 Å². The zero-order valence-electron chi connectivity index (χ0n) is 17.1. The molecule has 1 aliphatic heterocycles. The summed E-state index contributed by atoms with van der Waals surface area (Å²) in [6.45, 7) is 5.72. The normalized spacial score (nSPS) is 17.4. The Morgan fingerprint density at radius 1 is 1.00 bits per heavy atom.